The van der Waals surface area contributed by atoms with Crippen LogP contribution < -0.4 is 9.64 Å². The summed E-state index contributed by atoms with van der Waals surface area (Å²) in [6.45, 7) is 0. The van der Waals surface area contributed by atoms with Crippen LogP contribution >= 0.6 is 31.9 Å². The molecule has 0 aliphatic carbocycles. The Bertz CT molecular complexity index is 1120. The number of anilines is 1. The zero-order chi connectivity index (χ0) is 20.4. The van der Waals surface area contributed by atoms with Crippen LogP contribution in [0.1, 0.15) is 11.1 Å². The van der Waals surface area contributed by atoms with Crippen LogP contribution in [0.5, 0.6) is 5.75 Å². The lowest BCUT2D eigenvalue weighted by atomic mass is 10.1. The number of ether oxygens (including phenoxy) is 1. The summed E-state index contributed by atoms with van der Waals surface area (Å²) in [5.74, 6) is 1.16. The van der Waals surface area contributed by atoms with Crippen molar-refractivity contribution in [2.24, 2.45) is 4.99 Å². The first kappa shape index (κ1) is 19.6. The van der Waals surface area contributed by atoms with E-state index in [9.17, 15) is 4.79 Å². The van der Waals surface area contributed by atoms with Crippen molar-refractivity contribution in [1.82, 2.24) is 0 Å². The van der Waals surface area contributed by atoms with E-state index in [0.717, 1.165) is 31.5 Å². The van der Waals surface area contributed by atoms with Gasteiger partial charge in [-0.2, -0.15) is 0 Å². The van der Waals surface area contributed by atoms with E-state index in [1.165, 1.54) is 0 Å². The monoisotopic (exact) mass is 510 g/mol. The highest BCUT2D eigenvalue weighted by atomic mass is 79.9. The molecular weight excluding hydrogens is 496 g/mol. The highest BCUT2D eigenvalue weighted by Crippen LogP contribution is 2.29. The van der Waals surface area contributed by atoms with Gasteiger partial charge in [-0.1, -0.05) is 44.0 Å². The van der Waals surface area contributed by atoms with Gasteiger partial charge in [-0.05, 0) is 72.3 Å². The third-order valence-electron chi connectivity index (χ3n) is 4.45. The molecule has 0 saturated carbocycles. The van der Waals surface area contributed by atoms with Crippen LogP contribution in [0.25, 0.3) is 6.08 Å². The van der Waals surface area contributed by atoms with Crippen LogP contribution in [0.4, 0.5) is 5.69 Å². The molecule has 0 aromatic heterocycles. The van der Waals surface area contributed by atoms with Gasteiger partial charge in [0.25, 0.3) is 5.91 Å². The van der Waals surface area contributed by atoms with Gasteiger partial charge >= 0.3 is 0 Å². The molecule has 0 spiro atoms. The first-order valence-electron chi connectivity index (χ1n) is 8.85. The van der Waals surface area contributed by atoms with Crippen molar-refractivity contribution in [3.8, 4) is 5.75 Å². The molecule has 0 fully saturated rings. The lowest BCUT2D eigenvalue weighted by Crippen LogP contribution is -2.32. The summed E-state index contributed by atoms with van der Waals surface area (Å²) < 4.78 is 7.14. The second kappa shape index (κ2) is 8.35. The zero-order valence-corrected chi connectivity index (χ0v) is 18.6. The van der Waals surface area contributed by atoms with Gasteiger partial charge in [0.1, 0.15) is 17.3 Å². The summed E-state index contributed by atoms with van der Waals surface area (Å²) >= 11 is 6.91. The first-order valence-corrected chi connectivity index (χ1v) is 10.4. The Balaban J connectivity index is 1.81. The minimum atomic E-state index is -0.168. The van der Waals surface area contributed by atoms with Crippen LogP contribution in [0, 0.1) is 0 Å². The number of carbonyl (C=O) groups is 1. The normalized spacial score (nSPS) is 15.0. The third-order valence-corrected chi connectivity index (χ3v) is 5.47. The first-order chi connectivity index (χ1) is 14.0. The van der Waals surface area contributed by atoms with E-state index in [4.69, 9.17) is 4.74 Å². The average Bonchev–Trinajstić information content (AvgIpc) is 3.05. The summed E-state index contributed by atoms with van der Waals surface area (Å²) in [7, 11) is 1.62. The fraction of sp³-hybridized carbons (Fsp3) is 0.0435. The molecule has 0 radical (unpaired) electrons. The Hall–Kier alpha value is -2.70. The minimum Gasteiger partial charge on any atom is -0.497 e. The van der Waals surface area contributed by atoms with Gasteiger partial charge in [0.15, 0.2) is 0 Å². The smallest absolute Gasteiger partial charge is 0.282 e. The van der Waals surface area contributed by atoms with E-state index in [2.05, 4.69) is 36.9 Å². The van der Waals surface area contributed by atoms with Crippen molar-refractivity contribution < 1.29 is 9.53 Å². The van der Waals surface area contributed by atoms with Crippen LogP contribution in [0.3, 0.4) is 0 Å². The molecule has 3 aromatic rings. The van der Waals surface area contributed by atoms with E-state index in [1.54, 1.807) is 18.1 Å². The number of rotatable bonds is 4. The van der Waals surface area contributed by atoms with E-state index in [1.807, 2.05) is 72.8 Å². The van der Waals surface area contributed by atoms with Crippen LogP contribution in [-0.4, -0.2) is 18.9 Å². The molecule has 6 heteroatoms. The van der Waals surface area contributed by atoms with Crippen molar-refractivity contribution in [1.29, 1.82) is 0 Å². The van der Waals surface area contributed by atoms with Crippen LogP contribution in [0.2, 0.25) is 0 Å². The zero-order valence-electron chi connectivity index (χ0n) is 15.5. The van der Waals surface area contributed by atoms with Crippen LogP contribution in [-0.2, 0) is 4.79 Å². The number of benzene rings is 3. The SMILES string of the molecule is COc1ccc(C2=N/C(=C/c3cccc(Br)c3)C(=O)N2c2ccc(Br)cc2)cc1. The molecule has 0 unspecified atom stereocenters. The predicted molar refractivity (Wildman–Crippen MR) is 123 cm³/mol. The molecule has 0 saturated heterocycles. The second-order valence-electron chi connectivity index (χ2n) is 6.37. The van der Waals surface area contributed by atoms with E-state index < -0.39 is 0 Å². The number of amidine groups is 1. The fourth-order valence-corrected chi connectivity index (χ4v) is 3.72. The van der Waals surface area contributed by atoms with E-state index in [0.29, 0.717) is 11.5 Å². The highest BCUT2D eigenvalue weighted by molar-refractivity contribution is 9.10. The maximum atomic E-state index is 13.3. The Kier molecular flexibility index (Phi) is 5.65. The molecule has 29 heavy (non-hydrogen) atoms. The third kappa shape index (κ3) is 4.18. The Morgan fingerprint density at radius 2 is 1.66 bits per heavy atom. The molecule has 0 bridgehead atoms. The number of nitrogens with zero attached hydrogens (tertiary/aromatic N) is 2. The van der Waals surface area contributed by atoms with Crippen molar-refractivity contribution in [3.63, 3.8) is 0 Å². The maximum Gasteiger partial charge on any atom is 0.282 e. The quantitative estimate of drug-likeness (QED) is 0.400. The number of hydrogen-bond acceptors (Lipinski definition) is 3. The molecular formula is C23H16Br2N2O2. The van der Waals surface area contributed by atoms with Gasteiger partial charge in [-0.25, -0.2) is 4.99 Å². The minimum absolute atomic E-state index is 0.168. The molecule has 0 atom stereocenters. The fourth-order valence-electron chi connectivity index (χ4n) is 3.03. The number of amides is 1. The summed E-state index contributed by atoms with van der Waals surface area (Å²) in [5, 5.41) is 0. The molecule has 4 rings (SSSR count). The molecule has 1 amide bonds. The molecule has 144 valence electrons. The van der Waals surface area contributed by atoms with Crippen molar-refractivity contribution in [2.45, 2.75) is 0 Å². The Morgan fingerprint density at radius 3 is 2.31 bits per heavy atom. The Labute approximate surface area is 185 Å². The number of methoxy groups -OCH3 is 1. The van der Waals surface area contributed by atoms with E-state index in [-0.39, 0.29) is 5.91 Å². The van der Waals surface area contributed by atoms with Crippen molar-refractivity contribution in [3.05, 3.63) is 98.6 Å². The Morgan fingerprint density at radius 1 is 0.931 bits per heavy atom. The van der Waals surface area contributed by atoms with Gasteiger partial charge < -0.3 is 4.74 Å². The van der Waals surface area contributed by atoms with Gasteiger partial charge in [0.05, 0.1) is 12.8 Å². The molecule has 4 nitrogen and oxygen atoms in total. The van der Waals surface area contributed by atoms with Gasteiger partial charge in [0, 0.05) is 14.5 Å². The van der Waals surface area contributed by atoms with Crippen molar-refractivity contribution >= 4 is 55.4 Å². The molecule has 1 heterocycles. The van der Waals surface area contributed by atoms with E-state index >= 15 is 0 Å². The summed E-state index contributed by atoms with van der Waals surface area (Å²) in [4.78, 5) is 19.6. The number of aliphatic imine (C=N–C) groups is 1. The largest absolute Gasteiger partial charge is 0.497 e. The predicted octanol–water partition coefficient (Wildman–Crippen LogP) is 6.05. The number of carbonyl (C=O) groups excluding carboxylic acids is 1. The summed E-state index contributed by atoms with van der Waals surface area (Å²) in [6.07, 6.45) is 1.80. The second-order valence-corrected chi connectivity index (χ2v) is 8.20. The number of halogens is 2. The average molecular weight is 512 g/mol. The van der Waals surface area contributed by atoms with Crippen LogP contribution in [0.15, 0.2) is 92.4 Å². The number of hydrogen-bond donors (Lipinski definition) is 0. The molecule has 3 aromatic carbocycles. The standard InChI is InChI=1S/C23H16Br2N2O2/c1-29-20-11-5-16(6-12-20)22-26-21(14-15-3-2-4-18(25)13-15)23(28)27(22)19-9-7-17(24)8-10-19/h2-14H,1H3/b21-14+. The molecule has 1 aliphatic heterocycles. The van der Waals surface area contributed by atoms with Gasteiger partial charge in [0.2, 0.25) is 0 Å². The van der Waals surface area contributed by atoms with Crippen molar-refractivity contribution in [2.75, 3.05) is 12.0 Å². The summed E-state index contributed by atoms with van der Waals surface area (Å²) in [6, 6.07) is 22.9. The molecule has 1 aliphatic rings. The lowest BCUT2D eigenvalue weighted by Gasteiger charge is -2.18. The lowest BCUT2D eigenvalue weighted by molar-refractivity contribution is -0.113. The summed E-state index contributed by atoms with van der Waals surface area (Å²) in [5.41, 5.74) is 2.88. The van der Waals surface area contributed by atoms with Gasteiger partial charge in [-0.3, -0.25) is 9.69 Å². The maximum absolute atomic E-state index is 13.3. The topological polar surface area (TPSA) is 41.9 Å². The van der Waals surface area contributed by atoms with Gasteiger partial charge in [-0.15, -0.1) is 0 Å². The highest BCUT2D eigenvalue weighted by Gasteiger charge is 2.32. The molecule has 0 N–H and O–H groups in total.